The maximum absolute atomic E-state index is 13.2. The van der Waals surface area contributed by atoms with Crippen LogP contribution in [0.3, 0.4) is 0 Å². The van der Waals surface area contributed by atoms with Crippen molar-refractivity contribution < 1.29 is 17.9 Å². The van der Waals surface area contributed by atoms with Crippen LogP contribution in [0.4, 0.5) is 30.6 Å². The largest absolute Gasteiger partial charge is 0.437 e. The second kappa shape index (κ2) is 9.73. The summed E-state index contributed by atoms with van der Waals surface area (Å²) in [7, 11) is 1.73. The molecule has 0 amide bonds. The number of benzene rings is 2. The Morgan fingerprint density at radius 1 is 0.838 bits per heavy atom. The fourth-order valence-electron chi connectivity index (χ4n) is 3.87. The summed E-state index contributed by atoms with van der Waals surface area (Å²) in [6.45, 7) is 1.90. The number of fused-ring (bicyclic) bond motifs is 1. The van der Waals surface area contributed by atoms with Crippen molar-refractivity contribution in [3.8, 4) is 22.9 Å². The number of aromatic nitrogens is 4. The molecule has 0 aliphatic carbocycles. The smallest absolute Gasteiger partial charge is 0.416 e. The van der Waals surface area contributed by atoms with E-state index in [1.54, 1.807) is 49.9 Å². The summed E-state index contributed by atoms with van der Waals surface area (Å²) in [6, 6.07) is 15.9. The predicted octanol–water partition coefficient (Wildman–Crippen LogP) is 6.99. The highest BCUT2D eigenvalue weighted by Crippen LogP contribution is 2.39. The number of hydrogen-bond acceptors (Lipinski definition) is 7. The van der Waals surface area contributed by atoms with Gasteiger partial charge in [0, 0.05) is 42.1 Å². The van der Waals surface area contributed by atoms with E-state index in [4.69, 9.17) is 4.74 Å². The van der Waals surface area contributed by atoms with Crippen LogP contribution in [0.25, 0.3) is 22.0 Å². The summed E-state index contributed by atoms with van der Waals surface area (Å²) in [5.41, 5.74) is 1.68. The minimum absolute atomic E-state index is 0.272. The number of rotatable bonds is 6. The normalized spacial score (nSPS) is 11.4. The molecule has 2 aromatic carbocycles. The van der Waals surface area contributed by atoms with Gasteiger partial charge in [0.2, 0.25) is 11.8 Å². The number of anilines is 3. The van der Waals surface area contributed by atoms with Crippen molar-refractivity contribution in [3.05, 3.63) is 90.4 Å². The fourth-order valence-corrected chi connectivity index (χ4v) is 3.87. The Balaban J connectivity index is 1.55. The lowest BCUT2D eigenvalue weighted by Crippen LogP contribution is -2.05. The van der Waals surface area contributed by atoms with E-state index in [0.29, 0.717) is 40.0 Å². The summed E-state index contributed by atoms with van der Waals surface area (Å²) >= 11 is 0. The van der Waals surface area contributed by atoms with Crippen molar-refractivity contribution in [2.75, 3.05) is 17.7 Å². The number of nitrogens with one attached hydrogen (secondary N) is 2. The molecule has 7 nitrogen and oxygen atoms in total. The van der Waals surface area contributed by atoms with Crippen LogP contribution in [0.1, 0.15) is 11.1 Å². The van der Waals surface area contributed by atoms with Crippen molar-refractivity contribution in [3.63, 3.8) is 0 Å². The highest BCUT2D eigenvalue weighted by Gasteiger charge is 2.30. The number of ether oxygens (including phenoxy) is 1. The molecule has 0 saturated heterocycles. The molecule has 0 saturated carbocycles. The van der Waals surface area contributed by atoms with Crippen LogP contribution in [0.15, 0.2) is 79.3 Å². The monoisotopic (exact) mass is 502 g/mol. The molecule has 0 fully saturated rings. The quantitative estimate of drug-likeness (QED) is 0.259. The molecule has 5 aromatic rings. The number of aryl methyl sites for hydroxylation is 1. The molecule has 3 aromatic heterocycles. The molecule has 0 aliphatic heterocycles. The second-order valence-electron chi connectivity index (χ2n) is 8.14. The van der Waals surface area contributed by atoms with E-state index in [1.807, 2.05) is 25.1 Å². The first-order valence-corrected chi connectivity index (χ1v) is 11.3. The van der Waals surface area contributed by atoms with Crippen LogP contribution in [0, 0.1) is 6.92 Å². The van der Waals surface area contributed by atoms with Crippen LogP contribution in [0.5, 0.6) is 11.6 Å². The zero-order chi connectivity index (χ0) is 26.0. The zero-order valence-electron chi connectivity index (χ0n) is 19.8. The van der Waals surface area contributed by atoms with Gasteiger partial charge in [-0.2, -0.15) is 13.2 Å². The Bertz CT molecular complexity index is 1590. The minimum atomic E-state index is -4.44. The second-order valence-corrected chi connectivity index (χ2v) is 8.14. The Morgan fingerprint density at radius 3 is 2.49 bits per heavy atom. The van der Waals surface area contributed by atoms with E-state index >= 15 is 0 Å². The van der Waals surface area contributed by atoms with Gasteiger partial charge < -0.3 is 15.4 Å². The van der Waals surface area contributed by atoms with Crippen LogP contribution in [-0.2, 0) is 6.18 Å². The Labute approximate surface area is 210 Å². The van der Waals surface area contributed by atoms with Gasteiger partial charge in [-0.1, -0.05) is 18.2 Å². The fraction of sp³-hybridized carbons (Fsp3) is 0.111. The molecular formula is C27H21F3N6O. The van der Waals surface area contributed by atoms with Gasteiger partial charge in [0.1, 0.15) is 11.6 Å². The Morgan fingerprint density at radius 2 is 1.68 bits per heavy atom. The third-order valence-electron chi connectivity index (χ3n) is 5.67. The van der Waals surface area contributed by atoms with Crippen molar-refractivity contribution in [1.82, 2.24) is 19.9 Å². The molecule has 5 rings (SSSR count). The molecule has 0 unspecified atom stereocenters. The first kappa shape index (κ1) is 24.0. The lowest BCUT2D eigenvalue weighted by molar-refractivity contribution is -0.137. The third-order valence-corrected chi connectivity index (χ3v) is 5.67. The number of nitrogens with zero attached hydrogens (tertiary/aromatic N) is 4. The van der Waals surface area contributed by atoms with Gasteiger partial charge in [0.05, 0.1) is 16.8 Å². The number of halogens is 3. The van der Waals surface area contributed by atoms with Gasteiger partial charge in [-0.3, -0.25) is 0 Å². The predicted molar refractivity (Wildman–Crippen MR) is 136 cm³/mol. The molecule has 0 spiro atoms. The molecule has 2 N–H and O–H groups in total. The van der Waals surface area contributed by atoms with E-state index in [0.717, 1.165) is 23.1 Å². The summed E-state index contributed by atoms with van der Waals surface area (Å²) in [4.78, 5) is 17.5. The molecular weight excluding hydrogens is 481 g/mol. The molecule has 0 atom stereocenters. The Kier molecular flexibility index (Phi) is 6.31. The molecule has 3 heterocycles. The lowest BCUT2D eigenvalue weighted by Gasteiger charge is -2.16. The van der Waals surface area contributed by atoms with Crippen molar-refractivity contribution in [1.29, 1.82) is 0 Å². The van der Waals surface area contributed by atoms with Gasteiger partial charge in [0.15, 0.2) is 0 Å². The maximum atomic E-state index is 13.2. The van der Waals surface area contributed by atoms with E-state index in [1.165, 1.54) is 6.07 Å². The first-order chi connectivity index (χ1) is 17.8. The molecule has 186 valence electrons. The van der Waals surface area contributed by atoms with Gasteiger partial charge in [-0.05, 0) is 55.0 Å². The molecule has 0 bridgehead atoms. The van der Waals surface area contributed by atoms with E-state index in [2.05, 4.69) is 30.6 Å². The average molecular weight is 503 g/mol. The highest BCUT2D eigenvalue weighted by molar-refractivity contribution is 5.98. The SMILES string of the molecule is CNc1nccc(-c2cccnc2Oc2c(C)ccc3c(Nc4cccc(C(F)(F)F)c4)nccc23)n1. The Hall–Kier alpha value is -4.73. The van der Waals surface area contributed by atoms with Crippen LogP contribution in [0.2, 0.25) is 0 Å². The van der Waals surface area contributed by atoms with Gasteiger partial charge in [-0.15, -0.1) is 0 Å². The van der Waals surface area contributed by atoms with Crippen molar-refractivity contribution in [2.45, 2.75) is 13.1 Å². The lowest BCUT2D eigenvalue weighted by atomic mass is 10.1. The average Bonchev–Trinajstić information content (AvgIpc) is 2.90. The van der Waals surface area contributed by atoms with E-state index < -0.39 is 11.7 Å². The summed E-state index contributed by atoms with van der Waals surface area (Å²) in [6.07, 6.45) is 0.403. The summed E-state index contributed by atoms with van der Waals surface area (Å²) in [5.74, 6) is 1.76. The van der Waals surface area contributed by atoms with Crippen LogP contribution < -0.4 is 15.4 Å². The number of pyridine rings is 2. The first-order valence-electron chi connectivity index (χ1n) is 11.3. The summed E-state index contributed by atoms with van der Waals surface area (Å²) in [5, 5.41) is 7.33. The van der Waals surface area contributed by atoms with Crippen molar-refractivity contribution in [2.24, 2.45) is 0 Å². The molecule has 0 radical (unpaired) electrons. The molecule has 37 heavy (non-hydrogen) atoms. The van der Waals surface area contributed by atoms with Crippen LogP contribution >= 0.6 is 0 Å². The van der Waals surface area contributed by atoms with Crippen molar-refractivity contribution >= 4 is 28.2 Å². The molecule has 0 aliphatic rings. The topological polar surface area (TPSA) is 84.9 Å². The third kappa shape index (κ3) is 4.99. The van der Waals surface area contributed by atoms with Gasteiger partial charge in [0.25, 0.3) is 0 Å². The van der Waals surface area contributed by atoms with Gasteiger partial charge >= 0.3 is 6.18 Å². The van der Waals surface area contributed by atoms with E-state index in [-0.39, 0.29) is 5.69 Å². The minimum Gasteiger partial charge on any atom is -0.437 e. The number of alkyl halides is 3. The zero-order valence-corrected chi connectivity index (χ0v) is 19.8. The molecule has 10 heteroatoms. The number of hydrogen-bond donors (Lipinski definition) is 2. The summed E-state index contributed by atoms with van der Waals surface area (Å²) < 4.78 is 45.9. The standard InChI is InChI=1S/C27H21F3N6O/c1-16-8-9-20-19(10-13-32-24(20)35-18-6-3-5-17(15-18)27(28,29)30)23(16)37-25-21(7-4-12-33-25)22-11-14-34-26(31-2)36-22/h3-15H,1-2H3,(H,32,35)(H,31,34,36). The van der Waals surface area contributed by atoms with Crippen LogP contribution in [-0.4, -0.2) is 27.0 Å². The van der Waals surface area contributed by atoms with E-state index in [9.17, 15) is 13.2 Å². The maximum Gasteiger partial charge on any atom is 0.416 e. The van der Waals surface area contributed by atoms with Gasteiger partial charge in [-0.25, -0.2) is 19.9 Å². The highest BCUT2D eigenvalue weighted by atomic mass is 19.4.